The minimum absolute atomic E-state index is 0.0310. The molecule has 21 heavy (non-hydrogen) atoms. The minimum atomic E-state index is -1.10. The third kappa shape index (κ3) is 5.28. The van der Waals surface area contributed by atoms with Crippen LogP contribution in [0.1, 0.15) is 48.8 Å². The number of carbonyl (C=O) groups is 2. The van der Waals surface area contributed by atoms with E-state index in [-0.39, 0.29) is 11.7 Å². The molecule has 1 heterocycles. The fourth-order valence-electron chi connectivity index (χ4n) is 1.85. The largest absolute Gasteiger partial charge is 0.476 e. The number of likely N-dealkylation sites (N-methyl/N-ethyl adjacent to an activating group) is 1. The fraction of sp³-hybridized carbons (Fsp3) is 0.500. The maximum atomic E-state index is 11.3. The number of ether oxygens (including phenoxy) is 1. The zero-order chi connectivity index (χ0) is 16.0. The number of hydrogen-bond acceptors (Lipinski definition) is 6. The lowest BCUT2D eigenvalue weighted by Gasteiger charge is -2.23. The SMILES string of the molecule is C=C(C)C(CC(OC(C)=O)c1nc(C(=O)O)cs1)NCC. The molecule has 0 aromatic carbocycles. The van der Waals surface area contributed by atoms with Gasteiger partial charge in [0.05, 0.1) is 0 Å². The van der Waals surface area contributed by atoms with Gasteiger partial charge in [0.2, 0.25) is 0 Å². The number of aromatic nitrogens is 1. The van der Waals surface area contributed by atoms with Crippen molar-refractivity contribution in [1.29, 1.82) is 0 Å². The molecule has 0 radical (unpaired) electrons. The van der Waals surface area contributed by atoms with Crippen LogP contribution >= 0.6 is 11.3 Å². The summed E-state index contributed by atoms with van der Waals surface area (Å²) in [5.74, 6) is -1.52. The van der Waals surface area contributed by atoms with Crippen LogP contribution in [0, 0.1) is 0 Å². The lowest BCUT2D eigenvalue weighted by atomic mass is 10.0. The Hall–Kier alpha value is -1.73. The first-order valence-electron chi connectivity index (χ1n) is 6.59. The van der Waals surface area contributed by atoms with E-state index in [4.69, 9.17) is 9.84 Å². The van der Waals surface area contributed by atoms with Gasteiger partial charge in [-0.1, -0.05) is 19.1 Å². The smallest absolute Gasteiger partial charge is 0.355 e. The summed E-state index contributed by atoms with van der Waals surface area (Å²) in [6.45, 7) is 9.86. The van der Waals surface area contributed by atoms with Crippen LogP contribution in [0.3, 0.4) is 0 Å². The number of rotatable bonds is 8. The van der Waals surface area contributed by atoms with E-state index in [0.29, 0.717) is 11.4 Å². The van der Waals surface area contributed by atoms with Crippen molar-refractivity contribution in [3.63, 3.8) is 0 Å². The summed E-state index contributed by atoms with van der Waals surface area (Å²) in [6, 6.07) is -0.0310. The molecule has 0 bridgehead atoms. The Morgan fingerprint density at radius 1 is 1.52 bits per heavy atom. The van der Waals surface area contributed by atoms with Crippen LogP contribution in [-0.2, 0) is 9.53 Å². The molecule has 0 saturated carbocycles. The van der Waals surface area contributed by atoms with Gasteiger partial charge in [0.15, 0.2) is 11.8 Å². The van der Waals surface area contributed by atoms with Crippen LogP contribution in [-0.4, -0.2) is 34.6 Å². The lowest BCUT2D eigenvalue weighted by molar-refractivity contribution is -0.147. The van der Waals surface area contributed by atoms with Crippen molar-refractivity contribution in [2.75, 3.05) is 6.54 Å². The number of nitrogens with one attached hydrogen (secondary N) is 1. The molecule has 1 rings (SSSR count). The molecule has 116 valence electrons. The van der Waals surface area contributed by atoms with Gasteiger partial charge < -0.3 is 15.2 Å². The molecule has 2 atom stereocenters. The monoisotopic (exact) mass is 312 g/mol. The van der Waals surface area contributed by atoms with E-state index in [2.05, 4.69) is 16.9 Å². The first-order chi connectivity index (χ1) is 9.85. The van der Waals surface area contributed by atoms with E-state index in [1.165, 1.54) is 23.6 Å². The van der Waals surface area contributed by atoms with Gasteiger partial charge in [-0.25, -0.2) is 9.78 Å². The zero-order valence-electron chi connectivity index (χ0n) is 12.4. The van der Waals surface area contributed by atoms with Gasteiger partial charge in [0.25, 0.3) is 0 Å². The number of aromatic carboxylic acids is 1. The second-order valence-electron chi connectivity index (χ2n) is 4.67. The van der Waals surface area contributed by atoms with Gasteiger partial charge in [-0.15, -0.1) is 11.3 Å². The Labute approximate surface area is 127 Å². The van der Waals surface area contributed by atoms with E-state index in [1.807, 2.05) is 13.8 Å². The number of nitrogens with zero attached hydrogens (tertiary/aromatic N) is 1. The average molecular weight is 312 g/mol. The first kappa shape index (κ1) is 17.3. The second-order valence-corrected chi connectivity index (χ2v) is 5.56. The summed E-state index contributed by atoms with van der Waals surface area (Å²) in [4.78, 5) is 26.2. The van der Waals surface area contributed by atoms with Crippen LogP contribution in [0.15, 0.2) is 17.5 Å². The molecule has 0 fully saturated rings. The van der Waals surface area contributed by atoms with Crippen LogP contribution in [0.2, 0.25) is 0 Å². The van der Waals surface area contributed by atoms with Crippen molar-refractivity contribution in [2.24, 2.45) is 0 Å². The third-order valence-corrected chi connectivity index (χ3v) is 3.76. The first-order valence-corrected chi connectivity index (χ1v) is 7.47. The topological polar surface area (TPSA) is 88.5 Å². The van der Waals surface area contributed by atoms with Crippen molar-refractivity contribution in [3.8, 4) is 0 Å². The predicted octanol–water partition coefficient (Wildman–Crippen LogP) is 2.39. The minimum Gasteiger partial charge on any atom is -0.476 e. The molecular weight excluding hydrogens is 292 g/mol. The van der Waals surface area contributed by atoms with Crippen molar-refractivity contribution in [3.05, 3.63) is 28.2 Å². The molecule has 6 nitrogen and oxygen atoms in total. The van der Waals surface area contributed by atoms with Gasteiger partial charge >= 0.3 is 11.9 Å². The van der Waals surface area contributed by atoms with Crippen molar-refractivity contribution in [2.45, 2.75) is 39.3 Å². The highest BCUT2D eigenvalue weighted by Crippen LogP contribution is 2.28. The highest BCUT2D eigenvalue weighted by Gasteiger charge is 2.24. The lowest BCUT2D eigenvalue weighted by Crippen LogP contribution is -2.32. The predicted molar refractivity (Wildman–Crippen MR) is 80.5 cm³/mol. The van der Waals surface area contributed by atoms with Gasteiger partial charge in [0.1, 0.15) is 5.01 Å². The molecule has 2 unspecified atom stereocenters. The molecule has 0 aliphatic rings. The number of thiazole rings is 1. The van der Waals surface area contributed by atoms with Gasteiger partial charge in [-0.05, 0) is 13.5 Å². The van der Waals surface area contributed by atoms with Crippen LogP contribution in [0.25, 0.3) is 0 Å². The zero-order valence-corrected chi connectivity index (χ0v) is 13.2. The summed E-state index contributed by atoms with van der Waals surface area (Å²) in [6.07, 6.45) is -0.114. The summed E-state index contributed by atoms with van der Waals surface area (Å²) >= 11 is 1.17. The second kappa shape index (κ2) is 7.90. The quantitative estimate of drug-likeness (QED) is 0.566. The summed E-state index contributed by atoms with van der Waals surface area (Å²) in [5, 5.41) is 14.1. The maximum absolute atomic E-state index is 11.3. The number of esters is 1. The van der Waals surface area contributed by atoms with Crippen molar-refractivity contribution in [1.82, 2.24) is 10.3 Å². The number of carbonyl (C=O) groups excluding carboxylic acids is 1. The van der Waals surface area contributed by atoms with Crippen LogP contribution < -0.4 is 5.32 Å². The van der Waals surface area contributed by atoms with E-state index < -0.39 is 18.0 Å². The third-order valence-electron chi connectivity index (χ3n) is 2.82. The van der Waals surface area contributed by atoms with E-state index in [1.54, 1.807) is 0 Å². The number of hydrogen-bond donors (Lipinski definition) is 2. The fourth-order valence-corrected chi connectivity index (χ4v) is 2.69. The molecule has 1 aromatic rings. The summed E-state index contributed by atoms with van der Waals surface area (Å²) in [5.41, 5.74) is 0.881. The van der Waals surface area contributed by atoms with Crippen LogP contribution in [0.5, 0.6) is 0 Å². The molecule has 7 heteroatoms. The standard InChI is InChI=1S/C14H20N2O4S/c1-5-15-10(8(2)3)6-12(20-9(4)17)13-16-11(7-21-13)14(18)19/h7,10,12,15H,2,5-6H2,1,3-4H3,(H,18,19). The molecule has 0 amide bonds. The molecule has 0 aliphatic carbocycles. The van der Waals surface area contributed by atoms with Gasteiger partial charge in [0, 0.05) is 24.8 Å². The maximum Gasteiger partial charge on any atom is 0.355 e. The summed E-state index contributed by atoms with van der Waals surface area (Å²) < 4.78 is 5.29. The van der Waals surface area contributed by atoms with Gasteiger partial charge in [-0.2, -0.15) is 0 Å². The average Bonchev–Trinajstić information content (AvgIpc) is 2.86. The number of carboxylic acid groups (broad SMARTS) is 1. The highest BCUT2D eigenvalue weighted by atomic mass is 32.1. The normalized spacial score (nSPS) is 13.5. The Bertz CT molecular complexity index is 527. The molecule has 0 saturated heterocycles. The molecule has 1 aromatic heterocycles. The van der Waals surface area contributed by atoms with E-state index in [0.717, 1.165) is 12.1 Å². The highest BCUT2D eigenvalue weighted by molar-refractivity contribution is 7.09. The molecule has 2 N–H and O–H groups in total. The summed E-state index contributed by atoms with van der Waals surface area (Å²) in [7, 11) is 0. The van der Waals surface area contributed by atoms with Crippen molar-refractivity contribution < 1.29 is 19.4 Å². The molecule has 0 spiro atoms. The molecule has 0 aliphatic heterocycles. The van der Waals surface area contributed by atoms with Gasteiger partial charge in [-0.3, -0.25) is 4.79 Å². The Kier molecular flexibility index (Phi) is 6.51. The van der Waals surface area contributed by atoms with E-state index >= 15 is 0 Å². The Morgan fingerprint density at radius 2 is 2.19 bits per heavy atom. The Morgan fingerprint density at radius 3 is 2.62 bits per heavy atom. The Balaban J connectivity index is 2.95. The van der Waals surface area contributed by atoms with Crippen molar-refractivity contribution >= 4 is 23.3 Å². The van der Waals surface area contributed by atoms with Crippen LogP contribution in [0.4, 0.5) is 0 Å². The van der Waals surface area contributed by atoms with E-state index in [9.17, 15) is 9.59 Å². The molecular formula is C14H20N2O4S. The number of carboxylic acids is 1.